The van der Waals surface area contributed by atoms with Crippen molar-refractivity contribution in [3.05, 3.63) is 26.9 Å². The molecule has 2 N–H and O–H groups in total. The maximum atomic E-state index is 10.7. The minimum atomic E-state index is -0.223. The predicted molar refractivity (Wildman–Crippen MR) is 41.8 cm³/mol. The van der Waals surface area contributed by atoms with Crippen molar-refractivity contribution in [2.24, 2.45) is 0 Å². The molecule has 10 heavy (non-hydrogen) atoms. The Bertz CT molecular complexity index is 301. The van der Waals surface area contributed by atoms with Gasteiger partial charge in [-0.05, 0) is 12.2 Å². The van der Waals surface area contributed by atoms with Crippen LogP contribution in [0.4, 0.5) is 0 Å². The Labute approximate surface area is 67.1 Å². The standard InChI is InChI=1S/C5H5ClN2OS/c6-2-3-1-4(9)8-5(10)7-3/h1H,2H2,(H2,7,8,9,10). The summed E-state index contributed by atoms with van der Waals surface area (Å²) in [5.74, 6) is 0.271. The van der Waals surface area contributed by atoms with Crippen molar-refractivity contribution in [2.75, 3.05) is 0 Å². The molecule has 0 aliphatic rings. The van der Waals surface area contributed by atoms with Crippen LogP contribution in [0.3, 0.4) is 0 Å². The van der Waals surface area contributed by atoms with E-state index in [2.05, 4.69) is 22.2 Å². The zero-order valence-corrected chi connectivity index (χ0v) is 6.55. The maximum absolute atomic E-state index is 10.7. The largest absolute Gasteiger partial charge is 0.335 e. The van der Waals surface area contributed by atoms with E-state index in [9.17, 15) is 4.79 Å². The van der Waals surface area contributed by atoms with Gasteiger partial charge in [-0.1, -0.05) is 0 Å². The smallest absolute Gasteiger partial charge is 0.251 e. The van der Waals surface area contributed by atoms with Gasteiger partial charge >= 0.3 is 0 Å². The quantitative estimate of drug-likeness (QED) is 0.499. The molecule has 0 saturated heterocycles. The number of alkyl halides is 1. The van der Waals surface area contributed by atoms with E-state index in [0.29, 0.717) is 10.5 Å². The van der Waals surface area contributed by atoms with Crippen LogP contribution in [0.25, 0.3) is 0 Å². The number of nitrogens with one attached hydrogen (secondary N) is 2. The van der Waals surface area contributed by atoms with Crippen LogP contribution in [0.1, 0.15) is 5.69 Å². The number of hydrogen-bond acceptors (Lipinski definition) is 2. The zero-order valence-electron chi connectivity index (χ0n) is 4.98. The first kappa shape index (κ1) is 7.50. The van der Waals surface area contributed by atoms with Crippen LogP contribution in [-0.4, -0.2) is 9.97 Å². The second kappa shape index (κ2) is 2.98. The van der Waals surface area contributed by atoms with Gasteiger partial charge in [0.15, 0.2) is 4.77 Å². The van der Waals surface area contributed by atoms with Gasteiger partial charge in [0, 0.05) is 11.8 Å². The number of rotatable bonds is 1. The second-order valence-corrected chi connectivity index (χ2v) is 2.42. The number of aromatic nitrogens is 2. The molecule has 1 aromatic heterocycles. The van der Waals surface area contributed by atoms with Gasteiger partial charge in [0.1, 0.15) is 0 Å². The molecule has 0 fully saturated rings. The summed E-state index contributed by atoms with van der Waals surface area (Å²) in [7, 11) is 0. The summed E-state index contributed by atoms with van der Waals surface area (Å²) in [5, 5.41) is 0. The summed E-state index contributed by atoms with van der Waals surface area (Å²) in [6.45, 7) is 0. The fraction of sp³-hybridized carbons (Fsp3) is 0.200. The topological polar surface area (TPSA) is 48.6 Å². The minimum absolute atomic E-state index is 0.223. The first-order chi connectivity index (χ1) is 4.72. The van der Waals surface area contributed by atoms with E-state index in [4.69, 9.17) is 11.6 Å². The average Bonchev–Trinajstić information content (AvgIpc) is 1.85. The van der Waals surface area contributed by atoms with Crippen LogP contribution < -0.4 is 5.56 Å². The fourth-order valence-corrected chi connectivity index (χ4v) is 0.967. The van der Waals surface area contributed by atoms with Crippen molar-refractivity contribution in [2.45, 2.75) is 5.88 Å². The van der Waals surface area contributed by atoms with E-state index < -0.39 is 0 Å². The van der Waals surface area contributed by atoms with Gasteiger partial charge in [-0.15, -0.1) is 11.6 Å². The summed E-state index contributed by atoms with van der Waals surface area (Å²) in [5.41, 5.74) is 0.412. The summed E-state index contributed by atoms with van der Waals surface area (Å²) in [6.07, 6.45) is 0. The predicted octanol–water partition coefficient (Wildman–Crippen LogP) is 1.17. The molecule has 0 saturated carbocycles. The molecule has 1 aromatic rings. The van der Waals surface area contributed by atoms with Crippen molar-refractivity contribution in [3.8, 4) is 0 Å². The van der Waals surface area contributed by atoms with Crippen molar-refractivity contribution >= 4 is 23.8 Å². The highest BCUT2D eigenvalue weighted by molar-refractivity contribution is 7.71. The van der Waals surface area contributed by atoms with Gasteiger partial charge in [-0.2, -0.15) is 0 Å². The maximum Gasteiger partial charge on any atom is 0.251 e. The zero-order chi connectivity index (χ0) is 7.56. The Morgan fingerprint density at radius 3 is 2.80 bits per heavy atom. The molecule has 0 atom stereocenters. The molecule has 0 amide bonds. The van der Waals surface area contributed by atoms with Crippen LogP contribution in [0, 0.1) is 4.77 Å². The van der Waals surface area contributed by atoms with Gasteiger partial charge in [0.2, 0.25) is 0 Å². The van der Waals surface area contributed by atoms with Crippen molar-refractivity contribution in [1.82, 2.24) is 9.97 Å². The third kappa shape index (κ3) is 1.68. The Kier molecular flexibility index (Phi) is 2.24. The van der Waals surface area contributed by atoms with E-state index in [1.54, 1.807) is 0 Å². The fourth-order valence-electron chi connectivity index (χ4n) is 0.591. The molecule has 5 heteroatoms. The number of aromatic amines is 2. The lowest BCUT2D eigenvalue weighted by Gasteiger charge is -1.91. The lowest BCUT2D eigenvalue weighted by atomic mass is 10.5. The molecule has 0 bridgehead atoms. The minimum Gasteiger partial charge on any atom is -0.335 e. The van der Waals surface area contributed by atoms with E-state index in [1.807, 2.05) is 0 Å². The Morgan fingerprint density at radius 1 is 1.60 bits per heavy atom. The molecule has 54 valence electrons. The van der Waals surface area contributed by atoms with E-state index >= 15 is 0 Å². The normalized spacial score (nSPS) is 9.70. The van der Waals surface area contributed by atoms with E-state index in [-0.39, 0.29) is 11.4 Å². The lowest BCUT2D eigenvalue weighted by Crippen LogP contribution is -2.07. The van der Waals surface area contributed by atoms with Gasteiger partial charge in [0.05, 0.1) is 5.88 Å². The van der Waals surface area contributed by atoms with Crippen LogP contribution in [0.5, 0.6) is 0 Å². The summed E-state index contributed by atoms with van der Waals surface area (Å²) in [6, 6.07) is 1.38. The molecule has 1 rings (SSSR count). The van der Waals surface area contributed by atoms with Gasteiger partial charge in [-0.3, -0.25) is 9.78 Å². The molecule has 3 nitrogen and oxygen atoms in total. The highest BCUT2D eigenvalue weighted by Gasteiger charge is 1.90. The van der Waals surface area contributed by atoms with Crippen LogP contribution in [0.15, 0.2) is 10.9 Å². The molecular weight excluding hydrogens is 172 g/mol. The molecule has 0 spiro atoms. The number of hydrogen-bond donors (Lipinski definition) is 2. The number of halogens is 1. The monoisotopic (exact) mass is 176 g/mol. The SMILES string of the molecule is O=c1cc(CCl)[nH]c(=S)[nH]1. The van der Waals surface area contributed by atoms with Crippen molar-refractivity contribution < 1.29 is 0 Å². The molecule has 0 unspecified atom stereocenters. The van der Waals surface area contributed by atoms with Crippen LogP contribution >= 0.6 is 23.8 Å². The molecule has 0 radical (unpaired) electrons. The number of H-pyrrole nitrogens is 2. The highest BCUT2D eigenvalue weighted by Crippen LogP contribution is 1.92. The second-order valence-electron chi connectivity index (χ2n) is 1.75. The molecule has 1 heterocycles. The van der Waals surface area contributed by atoms with E-state index in [0.717, 1.165) is 0 Å². The third-order valence-electron chi connectivity index (χ3n) is 0.960. The first-order valence-corrected chi connectivity index (χ1v) is 3.55. The van der Waals surface area contributed by atoms with Gasteiger partial charge in [0.25, 0.3) is 5.56 Å². The van der Waals surface area contributed by atoms with Gasteiger partial charge in [-0.25, -0.2) is 0 Å². The lowest BCUT2D eigenvalue weighted by molar-refractivity contribution is 1.03. The van der Waals surface area contributed by atoms with Crippen LogP contribution in [0.2, 0.25) is 0 Å². The van der Waals surface area contributed by atoms with Crippen molar-refractivity contribution in [3.63, 3.8) is 0 Å². The first-order valence-electron chi connectivity index (χ1n) is 2.61. The summed E-state index contributed by atoms with van der Waals surface area (Å²) in [4.78, 5) is 15.8. The van der Waals surface area contributed by atoms with Gasteiger partial charge < -0.3 is 4.98 Å². The van der Waals surface area contributed by atoms with Crippen LogP contribution in [-0.2, 0) is 5.88 Å². The molecule has 0 aliphatic carbocycles. The molecular formula is C5H5ClN2OS. The Hall–Kier alpha value is -0.610. The van der Waals surface area contributed by atoms with Crippen molar-refractivity contribution in [1.29, 1.82) is 0 Å². The van der Waals surface area contributed by atoms with E-state index in [1.165, 1.54) is 6.07 Å². The third-order valence-corrected chi connectivity index (χ3v) is 1.45. The Balaban J connectivity index is 3.33. The average molecular weight is 177 g/mol. The molecule has 0 aliphatic heterocycles. The summed E-state index contributed by atoms with van der Waals surface area (Å²) < 4.78 is 0.308. The highest BCUT2D eigenvalue weighted by atomic mass is 35.5. The molecule has 0 aromatic carbocycles. The summed E-state index contributed by atoms with van der Waals surface area (Å²) >= 11 is 10.1. The Morgan fingerprint density at radius 2 is 2.30 bits per heavy atom.